The van der Waals surface area contributed by atoms with Crippen LogP contribution in [0.25, 0.3) is 0 Å². The fourth-order valence-electron chi connectivity index (χ4n) is 3.12. The van der Waals surface area contributed by atoms with Crippen LogP contribution in [-0.4, -0.2) is 14.8 Å². The minimum atomic E-state index is 0.105. The molecule has 0 amide bonds. The number of pyridine rings is 1. The van der Waals surface area contributed by atoms with Crippen LogP contribution in [0.15, 0.2) is 30.7 Å². The molecule has 25 heavy (non-hydrogen) atoms. The molecule has 3 heteroatoms. The summed E-state index contributed by atoms with van der Waals surface area (Å²) < 4.78 is 2.13. The summed E-state index contributed by atoms with van der Waals surface area (Å²) in [6, 6.07) is 4.86. The number of aryl methyl sites for hydroxylation is 1. The van der Waals surface area contributed by atoms with Crippen LogP contribution >= 0.6 is 0 Å². The SMILES string of the molecule is CCCc1cnn(C(C)CCC(C)(C)c2ccc(C(C)(C)C)nc2)c1. The standard InChI is InChI=1S/C22H35N3/c1-8-9-18-14-24-25(16-18)17(2)12-13-22(6,7)19-10-11-20(23-15-19)21(3,4)5/h10-11,14-17H,8-9,12-13H2,1-7H3. The van der Waals surface area contributed by atoms with Crippen molar-refractivity contribution in [1.29, 1.82) is 0 Å². The minimum Gasteiger partial charge on any atom is -0.270 e. The van der Waals surface area contributed by atoms with Gasteiger partial charge in [0.25, 0.3) is 0 Å². The summed E-state index contributed by atoms with van der Waals surface area (Å²) in [6.45, 7) is 15.7. The summed E-state index contributed by atoms with van der Waals surface area (Å²) in [7, 11) is 0. The van der Waals surface area contributed by atoms with Crippen molar-refractivity contribution in [2.75, 3.05) is 0 Å². The van der Waals surface area contributed by atoms with Crippen molar-refractivity contribution in [3.63, 3.8) is 0 Å². The molecule has 0 N–H and O–H groups in total. The van der Waals surface area contributed by atoms with Gasteiger partial charge in [0.05, 0.1) is 6.20 Å². The Morgan fingerprint density at radius 2 is 1.80 bits per heavy atom. The van der Waals surface area contributed by atoms with Crippen LogP contribution in [0.1, 0.15) is 90.6 Å². The van der Waals surface area contributed by atoms with Crippen LogP contribution < -0.4 is 0 Å². The zero-order valence-electron chi connectivity index (χ0n) is 17.1. The van der Waals surface area contributed by atoms with E-state index >= 15 is 0 Å². The van der Waals surface area contributed by atoms with Gasteiger partial charge in [-0.3, -0.25) is 9.67 Å². The molecular formula is C22H35N3. The van der Waals surface area contributed by atoms with Crippen LogP contribution in [0, 0.1) is 0 Å². The van der Waals surface area contributed by atoms with E-state index in [0.717, 1.165) is 25.0 Å². The molecule has 0 saturated heterocycles. The Balaban J connectivity index is 2.00. The third-order valence-corrected chi connectivity index (χ3v) is 5.15. The highest BCUT2D eigenvalue weighted by atomic mass is 15.3. The topological polar surface area (TPSA) is 30.7 Å². The maximum Gasteiger partial charge on any atom is 0.0521 e. The van der Waals surface area contributed by atoms with E-state index in [9.17, 15) is 0 Å². The first-order chi connectivity index (χ1) is 11.6. The van der Waals surface area contributed by atoms with Crippen molar-refractivity contribution < 1.29 is 0 Å². The van der Waals surface area contributed by atoms with E-state index in [0.29, 0.717) is 6.04 Å². The van der Waals surface area contributed by atoms with Gasteiger partial charge in [-0.1, -0.05) is 54.0 Å². The van der Waals surface area contributed by atoms with Crippen LogP contribution in [-0.2, 0) is 17.3 Å². The second-order valence-corrected chi connectivity index (χ2v) is 9.03. The van der Waals surface area contributed by atoms with Crippen molar-refractivity contribution in [2.24, 2.45) is 0 Å². The number of rotatable bonds is 7. The lowest BCUT2D eigenvalue weighted by molar-refractivity contribution is 0.375. The number of hydrogen-bond acceptors (Lipinski definition) is 2. The Hall–Kier alpha value is -1.64. The van der Waals surface area contributed by atoms with Crippen molar-refractivity contribution in [1.82, 2.24) is 14.8 Å². The minimum absolute atomic E-state index is 0.105. The molecular weight excluding hydrogens is 306 g/mol. The Kier molecular flexibility index (Phi) is 6.08. The average Bonchev–Trinajstić information content (AvgIpc) is 3.01. The van der Waals surface area contributed by atoms with Gasteiger partial charge in [-0.25, -0.2) is 0 Å². The first-order valence-electron chi connectivity index (χ1n) is 9.63. The van der Waals surface area contributed by atoms with Crippen molar-refractivity contribution in [3.8, 4) is 0 Å². The fourth-order valence-corrected chi connectivity index (χ4v) is 3.12. The average molecular weight is 342 g/mol. The first kappa shape index (κ1) is 19.7. The van der Waals surface area contributed by atoms with E-state index in [-0.39, 0.29) is 10.8 Å². The van der Waals surface area contributed by atoms with E-state index in [1.807, 2.05) is 6.20 Å². The van der Waals surface area contributed by atoms with E-state index < -0.39 is 0 Å². The Bertz CT molecular complexity index is 659. The molecule has 3 nitrogen and oxygen atoms in total. The Morgan fingerprint density at radius 1 is 1.08 bits per heavy atom. The Morgan fingerprint density at radius 3 is 2.36 bits per heavy atom. The molecule has 0 aliphatic carbocycles. The van der Waals surface area contributed by atoms with Gasteiger partial charge in [0.1, 0.15) is 0 Å². The molecule has 0 bridgehead atoms. The quantitative estimate of drug-likeness (QED) is 0.632. The van der Waals surface area contributed by atoms with Gasteiger partial charge in [-0.05, 0) is 48.8 Å². The molecule has 0 aromatic carbocycles. The lowest BCUT2D eigenvalue weighted by Crippen LogP contribution is -2.21. The van der Waals surface area contributed by atoms with Gasteiger partial charge in [0.15, 0.2) is 0 Å². The second-order valence-electron chi connectivity index (χ2n) is 9.03. The zero-order valence-corrected chi connectivity index (χ0v) is 17.1. The van der Waals surface area contributed by atoms with Crippen LogP contribution in [0.5, 0.6) is 0 Å². The van der Waals surface area contributed by atoms with E-state index in [1.54, 1.807) is 0 Å². The highest BCUT2D eigenvalue weighted by Crippen LogP contribution is 2.31. The van der Waals surface area contributed by atoms with Gasteiger partial charge >= 0.3 is 0 Å². The molecule has 0 radical (unpaired) electrons. The molecule has 138 valence electrons. The lowest BCUT2D eigenvalue weighted by atomic mass is 9.80. The molecule has 1 unspecified atom stereocenters. The molecule has 0 fully saturated rings. The largest absolute Gasteiger partial charge is 0.270 e. The van der Waals surface area contributed by atoms with Gasteiger partial charge in [0, 0.05) is 29.5 Å². The molecule has 2 heterocycles. The van der Waals surface area contributed by atoms with E-state index in [2.05, 4.69) is 82.8 Å². The van der Waals surface area contributed by atoms with Gasteiger partial charge < -0.3 is 0 Å². The normalized spacial score (nSPS) is 13.9. The van der Waals surface area contributed by atoms with Crippen LogP contribution in [0.4, 0.5) is 0 Å². The van der Waals surface area contributed by atoms with Crippen molar-refractivity contribution in [3.05, 3.63) is 47.5 Å². The maximum atomic E-state index is 4.71. The van der Waals surface area contributed by atoms with Crippen LogP contribution in [0.2, 0.25) is 0 Å². The Labute approximate surface area is 153 Å². The monoisotopic (exact) mass is 341 g/mol. The van der Waals surface area contributed by atoms with E-state index in [1.165, 1.54) is 17.5 Å². The van der Waals surface area contributed by atoms with Gasteiger partial charge in [-0.15, -0.1) is 0 Å². The molecule has 0 aliphatic heterocycles. The predicted octanol–water partition coefficient (Wildman–Crippen LogP) is 5.85. The zero-order chi connectivity index (χ0) is 18.7. The third-order valence-electron chi connectivity index (χ3n) is 5.15. The van der Waals surface area contributed by atoms with Crippen molar-refractivity contribution >= 4 is 0 Å². The summed E-state index contributed by atoms with van der Waals surface area (Å²) in [6.07, 6.45) is 10.8. The summed E-state index contributed by atoms with van der Waals surface area (Å²) in [5.74, 6) is 0. The van der Waals surface area contributed by atoms with E-state index in [4.69, 9.17) is 4.98 Å². The highest BCUT2D eigenvalue weighted by molar-refractivity contribution is 5.24. The molecule has 0 spiro atoms. The number of nitrogens with zero attached hydrogens (tertiary/aromatic N) is 3. The number of hydrogen-bond donors (Lipinski definition) is 0. The molecule has 2 aromatic rings. The predicted molar refractivity (Wildman–Crippen MR) is 106 cm³/mol. The molecule has 1 atom stereocenters. The number of aromatic nitrogens is 3. The fraction of sp³-hybridized carbons (Fsp3) is 0.636. The summed E-state index contributed by atoms with van der Waals surface area (Å²) in [5.41, 5.74) is 4.04. The third kappa shape index (κ3) is 5.17. The van der Waals surface area contributed by atoms with Crippen molar-refractivity contribution in [2.45, 2.75) is 91.0 Å². The second kappa shape index (κ2) is 7.72. The molecule has 2 rings (SSSR count). The van der Waals surface area contributed by atoms with Gasteiger partial charge in [-0.2, -0.15) is 5.10 Å². The summed E-state index contributed by atoms with van der Waals surface area (Å²) in [4.78, 5) is 4.71. The van der Waals surface area contributed by atoms with Gasteiger partial charge in [0.2, 0.25) is 0 Å². The maximum absolute atomic E-state index is 4.71. The first-order valence-corrected chi connectivity index (χ1v) is 9.63. The van der Waals surface area contributed by atoms with Crippen LogP contribution in [0.3, 0.4) is 0 Å². The highest BCUT2D eigenvalue weighted by Gasteiger charge is 2.23. The smallest absolute Gasteiger partial charge is 0.0521 e. The molecule has 2 aromatic heterocycles. The molecule has 0 aliphatic rings. The lowest BCUT2D eigenvalue weighted by Gasteiger charge is -2.27. The summed E-state index contributed by atoms with van der Waals surface area (Å²) in [5, 5.41) is 4.55. The molecule has 0 saturated carbocycles. The summed E-state index contributed by atoms with van der Waals surface area (Å²) >= 11 is 0.